The molecule has 0 fully saturated rings. The van der Waals surface area contributed by atoms with Crippen molar-refractivity contribution in [1.82, 2.24) is 0 Å². The van der Waals surface area contributed by atoms with Crippen molar-refractivity contribution in [2.45, 2.75) is 0 Å². The normalized spacial score (nSPS) is 11.2. The quantitative estimate of drug-likeness (QED) is 0.0607. The summed E-state index contributed by atoms with van der Waals surface area (Å²) in [5.41, 5.74) is -9.04. The van der Waals surface area contributed by atoms with Crippen molar-refractivity contribution in [3.63, 3.8) is 0 Å². The van der Waals surface area contributed by atoms with Gasteiger partial charge in [0.05, 0.1) is 33.0 Å². The van der Waals surface area contributed by atoms with Crippen molar-refractivity contribution in [1.29, 1.82) is 0 Å². The van der Waals surface area contributed by atoms with E-state index in [4.69, 9.17) is 10.0 Å². The van der Waals surface area contributed by atoms with Gasteiger partial charge in [-0.05, 0) is 17.5 Å². The number of fused-ring (bicyclic) bond motifs is 2. The molecule has 7 aromatic carbocycles. The van der Waals surface area contributed by atoms with E-state index in [0.717, 1.165) is 12.1 Å². The van der Waals surface area contributed by atoms with Gasteiger partial charge in [0.2, 0.25) is 29.1 Å². The van der Waals surface area contributed by atoms with Crippen molar-refractivity contribution in [3.8, 4) is 28.0 Å². The van der Waals surface area contributed by atoms with Crippen LogP contribution in [0.5, 0.6) is 5.75 Å². The Bertz CT molecular complexity index is 2830. The Morgan fingerprint density at radius 1 is 0.299 bits per heavy atom. The molecule has 0 aromatic heterocycles. The Kier molecular flexibility index (Phi) is 14.3. The van der Waals surface area contributed by atoms with E-state index < -0.39 is 197 Å². The van der Waals surface area contributed by atoms with Crippen LogP contribution in [0.3, 0.4) is 0 Å². The summed E-state index contributed by atoms with van der Waals surface area (Å²) in [5.74, 6) is -62.7. The van der Waals surface area contributed by atoms with Crippen LogP contribution in [0.1, 0.15) is 0 Å². The number of halogens is 25. The lowest BCUT2D eigenvalue weighted by atomic mass is 10.00. The highest BCUT2D eigenvalue weighted by atomic mass is 19.2. The second kappa shape index (κ2) is 18.8. The van der Waals surface area contributed by atoms with Gasteiger partial charge in [-0.2, -0.15) is 4.39 Å². The van der Waals surface area contributed by atoms with Crippen LogP contribution >= 0.6 is 0 Å². The molecule has 0 radical (unpaired) electrons. The fourth-order valence-electron chi connectivity index (χ4n) is 5.70. The van der Waals surface area contributed by atoms with Gasteiger partial charge in [0, 0.05) is 5.39 Å². The number of hydrogen-bond donors (Lipinski definition) is 2. The Hall–Kier alpha value is -6.91. The molecule has 0 unspecified atom stereocenters. The molecule has 0 bridgehead atoms. The van der Waals surface area contributed by atoms with Crippen LogP contribution in [-0.4, -0.2) is 17.4 Å². The average Bonchev–Trinajstić information content (AvgIpc) is 3.29. The highest BCUT2D eigenvalue weighted by Crippen LogP contribution is 2.41. The van der Waals surface area contributed by atoms with Gasteiger partial charge in [0.15, 0.2) is 110 Å². The molecule has 7 rings (SSSR count). The van der Waals surface area contributed by atoms with Crippen molar-refractivity contribution in [3.05, 3.63) is 170 Å². The van der Waals surface area contributed by atoms with Crippen molar-refractivity contribution < 1.29 is 124 Å². The Morgan fingerprint density at radius 3 is 0.851 bits per heavy atom. The Balaban J connectivity index is 0.000000188. The monoisotopic (exact) mass is 996 g/mol. The first-order valence-electron chi connectivity index (χ1n) is 16.5. The van der Waals surface area contributed by atoms with Gasteiger partial charge in [0.1, 0.15) is 11.6 Å². The summed E-state index contributed by atoms with van der Waals surface area (Å²) < 4.78 is 336. The molecule has 354 valence electrons. The summed E-state index contributed by atoms with van der Waals surface area (Å²) in [7, 11) is -2.55. The zero-order valence-electron chi connectivity index (χ0n) is 30.6. The second-order valence-electron chi connectivity index (χ2n) is 12.4. The molecule has 0 aliphatic heterocycles. The van der Waals surface area contributed by atoms with Crippen LogP contribution in [0.15, 0.2) is 24.3 Å². The fraction of sp³-hybridized carbons (Fsp3) is 0. The maximum Gasteiger partial charge on any atom is 0.707 e. The molecule has 0 saturated carbocycles. The van der Waals surface area contributed by atoms with Crippen LogP contribution in [0.4, 0.5) is 110 Å². The van der Waals surface area contributed by atoms with Gasteiger partial charge >= 0.3 is 7.32 Å². The van der Waals surface area contributed by atoms with E-state index in [1.807, 2.05) is 0 Å². The maximum atomic E-state index is 14.5. The largest absolute Gasteiger partial charge is 0.707 e. The number of hydrogen-bond acceptors (Lipinski definition) is 3. The molecule has 7 aromatic rings. The minimum Gasteiger partial charge on any atom is -0.509 e. The van der Waals surface area contributed by atoms with E-state index >= 15 is 0 Å². The van der Waals surface area contributed by atoms with Crippen LogP contribution in [0, 0.1) is 145 Å². The highest BCUT2D eigenvalue weighted by Gasteiger charge is 2.36. The van der Waals surface area contributed by atoms with Gasteiger partial charge in [-0.25, -0.2) is 105 Å². The minimum atomic E-state index is -2.68. The SMILES string of the molecule is Fc1c(F)c(F)c(-c2c(F)c(F)c(F)c(F)c2F)c(F)c1F.Fc1c(F)c(F)c(-c2c(F)c(F)c(F)c(F)c2F)c(F)c1F.OB(O)Oc1c(F)c(F)c(F)c2c(F)c3c(F)cccc3cc12. The van der Waals surface area contributed by atoms with Crippen molar-refractivity contribution in [2.75, 3.05) is 0 Å². The Labute approximate surface area is 351 Å². The van der Waals surface area contributed by atoms with E-state index in [1.54, 1.807) is 0 Å². The van der Waals surface area contributed by atoms with Crippen LogP contribution in [0.25, 0.3) is 43.8 Å². The first-order valence-corrected chi connectivity index (χ1v) is 16.5. The maximum absolute atomic E-state index is 14.5. The summed E-state index contributed by atoms with van der Waals surface area (Å²) in [5, 5.41) is 15.2. The third kappa shape index (κ3) is 8.44. The molecule has 29 heteroatoms. The molecule has 67 heavy (non-hydrogen) atoms. The van der Waals surface area contributed by atoms with Crippen LogP contribution in [-0.2, 0) is 0 Å². The molecule has 3 nitrogen and oxygen atoms in total. The molecular formula is C38H6BF25O3. The molecule has 0 spiro atoms. The third-order valence-corrected chi connectivity index (χ3v) is 8.67. The van der Waals surface area contributed by atoms with E-state index in [9.17, 15) is 110 Å². The number of benzene rings is 7. The zero-order chi connectivity index (χ0) is 50.7. The second-order valence-corrected chi connectivity index (χ2v) is 12.4. The van der Waals surface area contributed by atoms with Crippen LogP contribution in [0.2, 0.25) is 0 Å². The first-order chi connectivity index (χ1) is 31.0. The van der Waals surface area contributed by atoms with Crippen LogP contribution < -0.4 is 4.65 Å². The minimum absolute atomic E-state index is 0.0716. The Morgan fingerprint density at radius 2 is 0.567 bits per heavy atom. The smallest absolute Gasteiger partial charge is 0.509 e. The molecule has 0 atom stereocenters. The van der Waals surface area contributed by atoms with E-state index in [2.05, 4.69) is 4.65 Å². The topological polar surface area (TPSA) is 49.7 Å². The summed E-state index contributed by atoms with van der Waals surface area (Å²) >= 11 is 0. The lowest BCUT2D eigenvalue weighted by Crippen LogP contribution is -2.22. The zero-order valence-corrected chi connectivity index (χ0v) is 30.6. The molecule has 0 saturated heterocycles. The summed E-state index contributed by atoms with van der Waals surface area (Å²) in [6.07, 6.45) is 0. The van der Waals surface area contributed by atoms with Gasteiger partial charge in [0.25, 0.3) is 0 Å². The highest BCUT2D eigenvalue weighted by molar-refractivity contribution is 6.34. The third-order valence-electron chi connectivity index (χ3n) is 8.67. The molecule has 2 N–H and O–H groups in total. The summed E-state index contributed by atoms with van der Waals surface area (Å²) in [6.45, 7) is 0. The lowest BCUT2D eigenvalue weighted by molar-refractivity contribution is 0.280. The predicted octanol–water partition coefficient (Wildman–Crippen LogP) is 12.5. The van der Waals surface area contributed by atoms with Gasteiger partial charge in [-0.15, -0.1) is 0 Å². The van der Waals surface area contributed by atoms with E-state index in [0.29, 0.717) is 0 Å². The van der Waals surface area contributed by atoms with Crippen molar-refractivity contribution >= 4 is 28.9 Å². The summed E-state index contributed by atoms with van der Waals surface area (Å²) in [4.78, 5) is 0. The van der Waals surface area contributed by atoms with Gasteiger partial charge in [-0.1, -0.05) is 12.1 Å². The lowest BCUT2D eigenvalue weighted by Gasteiger charge is -2.14. The fourth-order valence-corrected chi connectivity index (χ4v) is 5.70. The van der Waals surface area contributed by atoms with E-state index in [-0.39, 0.29) is 5.39 Å². The predicted molar refractivity (Wildman–Crippen MR) is 175 cm³/mol. The molecular weight excluding hydrogens is 990 g/mol. The van der Waals surface area contributed by atoms with E-state index in [1.165, 1.54) is 12.1 Å². The molecule has 0 aliphatic carbocycles. The van der Waals surface area contributed by atoms with Gasteiger partial charge < -0.3 is 14.7 Å². The first kappa shape index (κ1) is 51.1. The summed E-state index contributed by atoms with van der Waals surface area (Å²) in [6, 6.07) is 4.38. The van der Waals surface area contributed by atoms with Crippen molar-refractivity contribution in [2.24, 2.45) is 0 Å². The molecule has 0 heterocycles. The number of rotatable bonds is 4. The van der Waals surface area contributed by atoms with Gasteiger partial charge in [-0.3, -0.25) is 0 Å². The molecule has 0 aliphatic rings. The molecule has 0 amide bonds. The average molecular weight is 996 g/mol. The standard InChI is InChI=1S/C14H6BF5O3.2C12F10/c16-7-3-1-2-5-4-6-9(10(17)8(5)7)11(18)12(19)13(20)14(6)23-15(21)22;2*13-3-1(4(14)8(18)11(21)7(3)17)2-5(15)9(19)12(22)10(20)6(2)16/h1-4,21-22H;;.